The van der Waals surface area contributed by atoms with Gasteiger partial charge in [0.2, 0.25) is 11.8 Å². The van der Waals surface area contributed by atoms with Crippen molar-refractivity contribution < 1.29 is 14.0 Å². The maximum absolute atomic E-state index is 12.8. The fraction of sp³-hybridized carbons (Fsp3) is 0.176. The lowest BCUT2D eigenvalue weighted by molar-refractivity contribution is -0.117. The predicted octanol–water partition coefficient (Wildman–Crippen LogP) is 3.86. The second-order valence-corrected chi connectivity index (χ2v) is 5.39. The second-order valence-electron chi connectivity index (χ2n) is 4.96. The van der Waals surface area contributed by atoms with Crippen molar-refractivity contribution in [3.63, 3.8) is 0 Å². The zero-order chi connectivity index (χ0) is 16.8. The van der Waals surface area contributed by atoms with Gasteiger partial charge in [0, 0.05) is 36.3 Å². The minimum atomic E-state index is -0.369. The number of benzene rings is 2. The van der Waals surface area contributed by atoms with Crippen LogP contribution in [0.25, 0.3) is 0 Å². The van der Waals surface area contributed by atoms with E-state index >= 15 is 0 Å². The van der Waals surface area contributed by atoms with Crippen LogP contribution in [0.5, 0.6) is 0 Å². The van der Waals surface area contributed by atoms with Crippen LogP contribution in [-0.4, -0.2) is 18.4 Å². The van der Waals surface area contributed by atoms with Crippen molar-refractivity contribution in [2.75, 3.05) is 16.8 Å². The monoisotopic (exact) mass is 334 g/mol. The summed E-state index contributed by atoms with van der Waals surface area (Å²) in [6, 6.07) is 12.4. The van der Waals surface area contributed by atoms with E-state index in [0.717, 1.165) is 0 Å². The van der Waals surface area contributed by atoms with Gasteiger partial charge in [0.05, 0.1) is 0 Å². The SMILES string of the molecule is CC(=O)N(CCC(=O)Nc1ccc(F)cc1)c1cccc(Cl)c1. The van der Waals surface area contributed by atoms with Crippen LogP contribution in [0.1, 0.15) is 13.3 Å². The molecule has 23 heavy (non-hydrogen) atoms. The number of hydrogen-bond acceptors (Lipinski definition) is 2. The van der Waals surface area contributed by atoms with Gasteiger partial charge in [-0.15, -0.1) is 0 Å². The van der Waals surface area contributed by atoms with Crippen molar-refractivity contribution in [2.45, 2.75) is 13.3 Å². The molecule has 0 saturated heterocycles. The second kappa shape index (κ2) is 7.74. The lowest BCUT2D eigenvalue weighted by Gasteiger charge is -2.21. The van der Waals surface area contributed by atoms with Gasteiger partial charge in [-0.1, -0.05) is 17.7 Å². The van der Waals surface area contributed by atoms with E-state index in [1.807, 2.05) is 0 Å². The number of hydrogen-bond donors (Lipinski definition) is 1. The zero-order valence-electron chi connectivity index (χ0n) is 12.6. The molecule has 2 rings (SSSR count). The van der Waals surface area contributed by atoms with Crippen molar-refractivity contribution in [2.24, 2.45) is 0 Å². The highest BCUT2D eigenvalue weighted by Crippen LogP contribution is 2.20. The van der Waals surface area contributed by atoms with Crippen LogP contribution in [-0.2, 0) is 9.59 Å². The average molecular weight is 335 g/mol. The van der Waals surface area contributed by atoms with E-state index in [4.69, 9.17) is 11.6 Å². The molecule has 0 bridgehead atoms. The fourth-order valence-electron chi connectivity index (χ4n) is 2.08. The van der Waals surface area contributed by atoms with Gasteiger partial charge in [0.25, 0.3) is 0 Å². The molecular weight excluding hydrogens is 319 g/mol. The first-order valence-electron chi connectivity index (χ1n) is 7.05. The number of nitrogens with one attached hydrogen (secondary N) is 1. The molecule has 0 unspecified atom stereocenters. The number of carbonyl (C=O) groups is 2. The van der Waals surface area contributed by atoms with E-state index in [9.17, 15) is 14.0 Å². The highest BCUT2D eigenvalue weighted by Gasteiger charge is 2.14. The number of amides is 2. The van der Waals surface area contributed by atoms with Crippen LogP contribution in [0.15, 0.2) is 48.5 Å². The van der Waals surface area contributed by atoms with Crippen LogP contribution in [0, 0.1) is 5.82 Å². The molecule has 0 heterocycles. The highest BCUT2D eigenvalue weighted by molar-refractivity contribution is 6.30. The van der Waals surface area contributed by atoms with E-state index in [0.29, 0.717) is 16.4 Å². The Kier molecular flexibility index (Phi) is 5.71. The van der Waals surface area contributed by atoms with Crippen molar-refractivity contribution >= 4 is 34.8 Å². The third-order valence-corrected chi connectivity index (χ3v) is 3.43. The Morgan fingerprint density at radius 2 is 1.87 bits per heavy atom. The molecule has 4 nitrogen and oxygen atoms in total. The van der Waals surface area contributed by atoms with Crippen LogP contribution >= 0.6 is 11.6 Å². The number of rotatable bonds is 5. The lowest BCUT2D eigenvalue weighted by Crippen LogP contribution is -2.31. The topological polar surface area (TPSA) is 49.4 Å². The van der Waals surface area contributed by atoms with Crippen molar-refractivity contribution in [3.05, 3.63) is 59.4 Å². The summed E-state index contributed by atoms with van der Waals surface area (Å²) in [4.78, 5) is 25.2. The Labute approximate surface area is 138 Å². The first kappa shape index (κ1) is 17.0. The Morgan fingerprint density at radius 3 is 2.48 bits per heavy atom. The molecule has 0 radical (unpaired) electrons. The smallest absolute Gasteiger partial charge is 0.226 e. The molecule has 0 aliphatic carbocycles. The van der Waals surface area contributed by atoms with Crippen LogP contribution in [0.3, 0.4) is 0 Å². The molecule has 120 valence electrons. The van der Waals surface area contributed by atoms with Crippen LogP contribution in [0.2, 0.25) is 5.02 Å². The number of halogens is 2. The van der Waals surface area contributed by atoms with E-state index in [-0.39, 0.29) is 30.6 Å². The standard InChI is InChI=1S/C17H16ClFN2O2/c1-12(22)21(16-4-2-3-13(18)11-16)10-9-17(23)20-15-7-5-14(19)6-8-15/h2-8,11H,9-10H2,1H3,(H,20,23). The van der Waals surface area contributed by atoms with Crippen LogP contribution in [0.4, 0.5) is 15.8 Å². The van der Waals surface area contributed by atoms with Crippen molar-refractivity contribution in [1.82, 2.24) is 0 Å². The number of anilines is 2. The minimum Gasteiger partial charge on any atom is -0.326 e. The lowest BCUT2D eigenvalue weighted by atomic mass is 10.2. The van der Waals surface area contributed by atoms with E-state index in [1.165, 1.54) is 36.1 Å². The normalized spacial score (nSPS) is 10.2. The van der Waals surface area contributed by atoms with E-state index in [2.05, 4.69) is 5.32 Å². The zero-order valence-corrected chi connectivity index (χ0v) is 13.3. The molecule has 0 aliphatic rings. The Hall–Kier alpha value is -2.40. The fourth-order valence-corrected chi connectivity index (χ4v) is 2.27. The summed E-state index contributed by atoms with van der Waals surface area (Å²) in [6.07, 6.45) is 0.115. The van der Waals surface area contributed by atoms with E-state index in [1.54, 1.807) is 24.3 Å². The summed E-state index contributed by atoms with van der Waals surface area (Å²) < 4.78 is 12.8. The molecule has 0 aliphatic heterocycles. The van der Waals surface area contributed by atoms with Gasteiger partial charge >= 0.3 is 0 Å². The Bertz CT molecular complexity index is 704. The van der Waals surface area contributed by atoms with Gasteiger partial charge in [-0.05, 0) is 42.5 Å². The molecule has 0 fully saturated rings. The van der Waals surface area contributed by atoms with Crippen molar-refractivity contribution in [3.8, 4) is 0 Å². The predicted molar refractivity (Wildman–Crippen MR) is 89.1 cm³/mol. The molecule has 2 amide bonds. The summed E-state index contributed by atoms with van der Waals surface area (Å²) in [7, 11) is 0. The number of carbonyl (C=O) groups excluding carboxylic acids is 2. The van der Waals surface area contributed by atoms with Gasteiger partial charge in [-0.3, -0.25) is 9.59 Å². The summed E-state index contributed by atoms with van der Waals surface area (Å²) >= 11 is 5.93. The summed E-state index contributed by atoms with van der Waals surface area (Å²) in [6.45, 7) is 1.65. The summed E-state index contributed by atoms with van der Waals surface area (Å²) in [5.74, 6) is -0.807. The van der Waals surface area contributed by atoms with Gasteiger partial charge in [-0.2, -0.15) is 0 Å². The summed E-state index contributed by atoms with van der Waals surface area (Å²) in [5, 5.41) is 3.17. The largest absolute Gasteiger partial charge is 0.326 e. The number of nitrogens with zero attached hydrogens (tertiary/aromatic N) is 1. The molecule has 0 atom stereocenters. The average Bonchev–Trinajstić information content (AvgIpc) is 2.49. The van der Waals surface area contributed by atoms with Gasteiger partial charge in [-0.25, -0.2) is 4.39 Å². The van der Waals surface area contributed by atoms with Crippen LogP contribution < -0.4 is 10.2 Å². The molecule has 2 aromatic rings. The Morgan fingerprint density at radius 1 is 1.17 bits per heavy atom. The molecule has 6 heteroatoms. The maximum atomic E-state index is 12.8. The molecule has 0 saturated carbocycles. The van der Waals surface area contributed by atoms with Gasteiger partial charge in [0.1, 0.15) is 5.82 Å². The third kappa shape index (κ3) is 5.07. The maximum Gasteiger partial charge on any atom is 0.226 e. The molecule has 0 spiro atoms. The third-order valence-electron chi connectivity index (χ3n) is 3.19. The Balaban J connectivity index is 1.97. The van der Waals surface area contributed by atoms with Gasteiger partial charge < -0.3 is 10.2 Å². The molecule has 2 aromatic carbocycles. The van der Waals surface area contributed by atoms with Crippen molar-refractivity contribution in [1.29, 1.82) is 0 Å². The first-order chi connectivity index (χ1) is 11.0. The van der Waals surface area contributed by atoms with Gasteiger partial charge in [0.15, 0.2) is 0 Å². The minimum absolute atomic E-state index is 0.115. The highest BCUT2D eigenvalue weighted by atomic mass is 35.5. The first-order valence-corrected chi connectivity index (χ1v) is 7.42. The summed E-state index contributed by atoms with van der Waals surface area (Å²) in [5.41, 5.74) is 1.15. The van der Waals surface area contributed by atoms with E-state index < -0.39 is 0 Å². The molecule has 1 N–H and O–H groups in total. The molecule has 0 aromatic heterocycles. The molecular formula is C17H16ClFN2O2. The quantitative estimate of drug-likeness (QED) is 0.902.